The highest BCUT2D eigenvalue weighted by Crippen LogP contribution is 2.26. The summed E-state index contributed by atoms with van der Waals surface area (Å²) in [6, 6.07) is 19.2. The predicted octanol–water partition coefficient (Wildman–Crippen LogP) is 4.34. The van der Waals surface area contributed by atoms with E-state index in [1.165, 1.54) is 6.26 Å². The molecule has 4 aromatic rings. The van der Waals surface area contributed by atoms with E-state index in [-0.39, 0.29) is 5.69 Å². The van der Waals surface area contributed by atoms with Crippen molar-refractivity contribution in [1.82, 2.24) is 15.1 Å². The van der Waals surface area contributed by atoms with Gasteiger partial charge >= 0.3 is 5.97 Å². The van der Waals surface area contributed by atoms with Gasteiger partial charge in [-0.3, -0.25) is 4.79 Å². The third-order valence-electron chi connectivity index (χ3n) is 4.44. The van der Waals surface area contributed by atoms with Crippen LogP contribution in [0.2, 0.25) is 5.02 Å². The van der Waals surface area contributed by atoms with Gasteiger partial charge < -0.3 is 14.8 Å². The highest BCUT2D eigenvalue weighted by atomic mass is 35.5. The van der Waals surface area contributed by atoms with Crippen LogP contribution in [-0.2, 0) is 4.79 Å². The lowest BCUT2D eigenvalue weighted by molar-refractivity contribution is -0.139. The zero-order valence-corrected chi connectivity index (χ0v) is 16.3. The van der Waals surface area contributed by atoms with Gasteiger partial charge in [-0.1, -0.05) is 41.9 Å². The number of benzene rings is 2. The number of aliphatic carboxylic acids is 1. The minimum absolute atomic E-state index is 0.0542. The molecule has 1 amide bonds. The minimum Gasteiger partial charge on any atom is -0.479 e. The molecule has 2 aromatic heterocycles. The SMILES string of the molecule is O=C(NC(C(=O)O)c1ccccc1)c1cc(-c2ccco2)n(-c2ccc(Cl)cc2)n1. The van der Waals surface area contributed by atoms with Gasteiger partial charge in [-0.15, -0.1) is 0 Å². The van der Waals surface area contributed by atoms with Gasteiger partial charge in [0.15, 0.2) is 17.5 Å². The highest BCUT2D eigenvalue weighted by Gasteiger charge is 2.25. The molecule has 30 heavy (non-hydrogen) atoms. The molecule has 0 bridgehead atoms. The van der Waals surface area contributed by atoms with Crippen LogP contribution in [0.4, 0.5) is 0 Å². The predicted molar refractivity (Wildman–Crippen MR) is 111 cm³/mol. The van der Waals surface area contributed by atoms with Crippen molar-refractivity contribution in [2.75, 3.05) is 0 Å². The Hall–Kier alpha value is -3.84. The van der Waals surface area contributed by atoms with Gasteiger partial charge in [0.2, 0.25) is 0 Å². The number of carboxylic acid groups (broad SMARTS) is 1. The quantitative estimate of drug-likeness (QED) is 0.482. The second-order valence-corrected chi connectivity index (χ2v) is 6.87. The third kappa shape index (κ3) is 3.97. The number of amides is 1. The van der Waals surface area contributed by atoms with Gasteiger partial charge in [0, 0.05) is 11.1 Å². The second kappa shape index (κ2) is 8.26. The van der Waals surface area contributed by atoms with E-state index >= 15 is 0 Å². The Morgan fingerprint density at radius 1 is 1.03 bits per heavy atom. The molecule has 0 saturated carbocycles. The largest absolute Gasteiger partial charge is 0.479 e. The van der Waals surface area contributed by atoms with Crippen LogP contribution in [0.25, 0.3) is 17.1 Å². The number of carbonyl (C=O) groups is 2. The Kier molecular flexibility index (Phi) is 5.36. The molecular formula is C22H16ClN3O4. The van der Waals surface area contributed by atoms with Crippen molar-refractivity contribution in [3.05, 3.63) is 95.3 Å². The third-order valence-corrected chi connectivity index (χ3v) is 4.69. The average molecular weight is 422 g/mol. The number of hydrogen-bond acceptors (Lipinski definition) is 4. The smallest absolute Gasteiger partial charge is 0.330 e. The van der Waals surface area contributed by atoms with E-state index in [1.54, 1.807) is 77.5 Å². The lowest BCUT2D eigenvalue weighted by Gasteiger charge is -2.13. The first-order chi connectivity index (χ1) is 14.5. The highest BCUT2D eigenvalue weighted by molar-refractivity contribution is 6.30. The number of halogens is 1. The van der Waals surface area contributed by atoms with Crippen LogP contribution in [0.15, 0.2) is 83.5 Å². The van der Waals surface area contributed by atoms with Gasteiger partial charge in [0.05, 0.1) is 12.0 Å². The summed E-state index contributed by atoms with van der Waals surface area (Å²) in [5.41, 5.74) is 1.72. The lowest BCUT2D eigenvalue weighted by Crippen LogP contribution is -2.34. The molecule has 1 unspecified atom stereocenters. The van der Waals surface area contributed by atoms with Crippen LogP contribution in [0.5, 0.6) is 0 Å². The molecule has 4 rings (SSSR count). The monoisotopic (exact) mass is 421 g/mol. The Balaban J connectivity index is 1.70. The molecule has 0 saturated heterocycles. The molecule has 1 atom stereocenters. The minimum atomic E-state index is -1.20. The van der Waals surface area contributed by atoms with Crippen molar-refractivity contribution in [3.63, 3.8) is 0 Å². The van der Waals surface area contributed by atoms with Crippen molar-refractivity contribution in [3.8, 4) is 17.1 Å². The maximum absolute atomic E-state index is 12.9. The first-order valence-electron chi connectivity index (χ1n) is 9.01. The number of nitrogens with zero attached hydrogens (tertiary/aromatic N) is 2. The molecule has 0 spiro atoms. The van der Waals surface area contributed by atoms with Gasteiger partial charge in [-0.25, -0.2) is 9.48 Å². The Labute approximate surface area is 176 Å². The fourth-order valence-corrected chi connectivity index (χ4v) is 3.14. The summed E-state index contributed by atoms with van der Waals surface area (Å²) in [7, 11) is 0. The second-order valence-electron chi connectivity index (χ2n) is 6.44. The molecule has 0 radical (unpaired) electrons. The Morgan fingerprint density at radius 3 is 2.40 bits per heavy atom. The van der Waals surface area contributed by atoms with Crippen molar-refractivity contribution >= 4 is 23.5 Å². The molecule has 2 heterocycles. The van der Waals surface area contributed by atoms with Crippen molar-refractivity contribution in [2.45, 2.75) is 6.04 Å². The Bertz CT molecular complexity index is 1170. The van der Waals surface area contributed by atoms with E-state index in [1.807, 2.05) is 0 Å². The molecule has 2 N–H and O–H groups in total. The van der Waals surface area contributed by atoms with Gasteiger partial charge in [-0.05, 0) is 42.0 Å². The zero-order valence-electron chi connectivity index (χ0n) is 15.5. The van der Waals surface area contributed by atoms with Gasteiger partial charge in [-0.2, -0.15) is 5.10 Å². The lowest BCUT2D eigenvalue weighted by atomic mass is 10.1. The number of carboxylic acids is 1. The summed E-state index contributed by atoms with van der Waals surface area (Å²) in [6.07, 6.45) is 1.52. The van der Waals surface area contributed by atoms with Gasteiger partial charge in [0.1, 0.15) is 5.69 Å². The van der Waals surface area contributed by atoms with E-state index in [0.29, 0.717) is 27.7 Å². The first kappa shape index (κ1) is 19.5. The fourth-order valence-electron chi connectivity index (χ4n) is 3.01. The molecule has 0 aliphatic rings. The summed E-state index contributed by atoms with van der Waals surface area (Å²) in [5, 5.41) is 17.0. The zero-order chi connectivity index (χ0) is 21.1. The maximum atomic E-state index is 12.9. The molecular weight excluding hydrogens is 406 g/mol. The molecule has 7 nitrogen and oxygen atoms in total. The number of furan rings is 1. The molecule has 0 fully saturated rings. The normalized spacial score (nSPS) is 11.8. The summed E-state index contributed by atoms with van der Waals surface area (Å²) in [4.78, 5) is 24.6. The van der Waals surface area contributed by atoms with Crippen LogP contribution in [0, 0.1) is 0 Å². The summed E-state index contributed by atoms with van der Waals surface area (Å²) in [6.45, 7) is 0. The van der Waals surface area contributed by atoms with Crippen LogP contribution < -0.4 is 5.32 Å². The summed E-state index contributed by atoms with van der Waals surface area (Å²) >= 11 is 5.97. The summed E-state index contributed by atoms with van der Waals surface area (Å²) < 4.78 is 7.02. The van der Waals surface area contributed by atoms with E-state index in [0.717, 1.165) is 0 Å². The van der Waals surface area contributed by atoms with E-state index in [4.69, 9.17) is 16.0 Å². The van der Waals surface area contributed by atoms with Crippen LogP contribution in [0.1, 0.15) is 22.1 Å². The van der Waals surface area contributed by atoms with Gasteiger partial charge in [0.25, 0.3) is 5.91 Å². The first-order valence-corrected chi connectivity index (χ1v) is 9.39. The average Bonchev–Trinajstić information content (AvgIpc) is 3.42. The Morgan fingerprint density at radius 2 is 1.77 bits per heavy atom. The number of hydrogen-bond donors (Lipinski definition) is 2. The number of nitrogens with one attached hydrogen (secondary N) is 1. The fraction of sp³-hybridized carbons (Fsp3) is 0.0455. The standard InChI is InChI=1S/C22H16ClN3O4/c23-15-8-10-16(11-9-15)26-18(19-7-4-12-30-19)13-17(25-26)21(27)24-20(22(28)29)14-5-2-1-3-6-14/h1-13,20H,(H,24,27)(H,28,29). The molecule has 150 valence electrons. The van der Waals surface area contributed by atoms with Crippen LogP contribution >= 0.6 is 11.6 Å². The molecule has 0 aliphatic carbocycles. The van der Waals surface area contributed by atoms with E-state index < -0.39 is 17.9 Å². The molecule has 2 aromatic carbocycles. The topological polar surface area (TPSA) is 97.4 Å². The number of carbonyl (C=O) groups excluding carboxylic acids is 1. The van der Waals surface area contributed by atoms with Crippen molar-refractivity contribution < 1.29 is 19.1 Å². The summed E-state index contributed by atoms with van der Waals surface area (Å²) in [5.74, 6) is -1.28. The van der Waals surface area contributed by atoms with Crippen molar-refractivity contribution in [1.29, 1.82) is 0 Å². The van der Waals surface area contributed by atoms with Crippen LogP contribution in [-0.4, -0.2) is 26.8 Å². The molecule has 8 heteroatoms. The van der Waals surface area contributed by atoms with E-state index in [9.17, 15) is 14.7 Å². The number of aromatic nitrogens is 2. The number of rotatable bonds is 6. The maximum Gasteiger partial charge on any atom is 0.330 e. The van der Waals surface area contributed by atoms with Crippen molar-refractivity contribution in [2.24, 2.45) is 0 Å². The van der Waals surface area contributed by atoms with E-state index in [2.05, 4.69) is 10.4 Å². The molecule has 0 aliphatic heterocycles. The van der Waals surface area contributed by atoms with Crippen LogP contribution in [0.3, 0.4) is 0 Å².